The normalized spacial score (nSPS) is 24.6. The topological polar surface area (TPSA) is 347 Å². The second-order valence-electron chi connectivity index (χ2n) is 17.9. The average molecular weight is 1060 g/mol. The molecule has 0 bridgehead atoms. The lowest BCUT2D eigenvalue weighted by atomic mass is 9.94. The van der Waals surface area contributed by atoms with Gasteiger partial charge in [-0.05, 0) is 40.2 Å². The first-order chi connectivity index (χ1) is 34.5. The SMILES string of the molecule is CC(=O)N[C@H]1[C@H](OC[C@H](NC(=O)[C@H](C)NC(=O)OCc2ccccc2)C(=O)N[C@@H](C)C(=O)OC(C)(C)C)O[C@H](COC(C)=O)[C@@H](O[C@@H]2O[C@H](COC(C)=O)[C@@H](OC(C)=O)[C@H](OC(C)=O)[C@H]2OC(C)=O)[C@@H]1OC(C)=O. The smallest absolute Gasteiger partial charge is 0.408 e. The zero-order valence-electron chi connectivity index (χ0n) is 43.1. The Morgan fingerprint density at radius 1 is 0.568 bits per heavy atom. The van der Waals surface area contributed by atoms with E-state index in [1.165, 1.54) is 13.8 Å². The minimum Gasteiger partial charge on any atom is -0.463 e. The van der Waals surface area contributed by atoms with Gasteiger partial charge >= 0.3 is 47.9 Å². The molecule has 3 rings (SSSR count). The van der Waals surface area contributed by atoms with Crippen molar-refractivity contribution in [1.29, 1.82) is 0 Å². The summed E-state index contributed by atoms with van der Waals surface area (Å²) in [5.41, 5.74) is -0.310. The summed E-state index contributed by atoms with van der Waals surface area (Å²) in [6.07, 6.45) is -16.6. The fraction of sp³-hybridized carbons (Fsp3) is 0.638. The van der Waals surface area contributed by atoms with Crippen LogP contribution in [0.15, 0.2) is 30.3 Å². The van der Waals surface area contributed by atoms with Crippen molar-refractivity contribution in [2.45, 2.75) is 175 Å². The van der Waals surface area contributed by atoms with Gasteiger partial charge in [-0.15, -0.1) is 0 Å². The summed E-state index contributed by atoms with van der Waals surface area (Å²) in [6, 6.07) is 2.59. The molecule has 0 aliphatic carbocycles. The molecule has 2 fully saturated rings. The van der Waals surface area contributed by atoms with Crippen LogP contribution in [-0.2, 0) is 111 Å². The van der Waals surface area contributed by atoms with Gasteiger partial charge in [0.25, 0.3) is 0 Å². The number of esters is 7. The number of benzene rings is 1. The van der Waals surface area contributed by atoms with Crippen LogP contribution >= 0.6 is 0 Å². The van der Waals surface area contributed by atoms with E-state index in [2.05, 4.69) is 21.3 Å². The van der Waals surface area contributed by atoms with E-state index in [9.17, 15) is 52.7 Å². The fourth-order valence-corrected chi connectivity index (χ4v) is 7.16. The van der Waals surface area contributed by atoms with Gasteiger partial charge in [-0.2, -0.15) is 0 Å². The van der Waals surface area contributed by atoms with E-state index in [0.29, 0.717) is 5.56 Å². The van der Waals surface area contributed by atoms with Crippen LogP contribution in [0.4, 0.5) is 4.79 Å². The molecule has 0 unspecified atom stereocenters. The quantitative estimate of drug-likeness (QED) is 0.0866. The van der Waals surface area contributed by atoms with Crippen LogP contribution in [0.3, 0.4) is 0 Å². The van der Waals surface area contributed by atoms with Crippen LogP contribution in [0.1, 0.15) is 88.6 Å². The molecular weight excluding hydrogens is 989 g/mol. The molecule has 27 heteroatoms. The van der Waals surface area contributed by atoms with Crippen molar-refractivity contribution in [3.8, 4) is 0 Å². The molecule has 0 aromatic heterocycles. The Kier molecular flexibility index (Phi) is 23.6. The lowest BCUT2D eigenvalue weighted by Crippen LogP contribution is -2.69. The Hall–Kier alpha value is -6.97. The number of ether oxygens (including phenoxy) is 12. The van der Waals surface area contributed by atoms with Crippen molar-refractivity contribution in [2.75, 3.05) is 19.8 Å². The molecule has 2 aliphatic heterocycles. The molecule has 13 atom stereocenters. The third-order valence-electron chi connectivity index (χ3n) is 10.1. The molecule has 0 saturated carbocycles. The van der Waals surface area contributed by atoms with Gasteiger partial charge in [0.15, 0.2) is 37.0 Å². The van der Waals surface area contributed by atoms with Crippen molar-refractivity contribution >= 4 is 65.6 Å². The molecule has 74 heavy (non-hydrogen) atoms. The summed E-state index contributed by atoms with van der Waals surface area (Å²) in [4.78, 5) is 141. The highest BCUT2D eigenvalue weighted by Gasteiger charge is 2.57. The fourth-order valence-electron chi connectivity index (χ4n) is 7.16. The predicted molar refractivity (Wildman–Crippen MR) is 246 cm³/mol. The third kappa shape index (κ3) is 20.5. The minimum absolute atomic E-state index is 0.139. The predicted octanol–water partition coefficient (Wildman–Crippen LogP) is -0.158. The summed E-state index contributed by atoms with van der Waals surface area (Å²) >= 11 is 0. The van der Waals surface area contributed by atoms with Crippen LogP contribution in [0.2, 0.25) is 0 Å². The van der Waals surface area contributed by atoms with Crippen molar-refractivity contribution in [3.05, 3.63) is 35.9 Å². The Morgan fingerprint density at radius 2 is 1.08 bits per heavy atom. The second-order valence-corrected chi connectivity index (χ2v) is 17.9. The molecule has 27 nitrogen and oxygen atoms in total. The van der Waals surface area contributed by atoms with Gasteiger partial charge in [-0.25, -0.2) is 9.59 Å². The van der Waals surface area contributed by atoms with E-state index in [0.717, 1.165) is 48.5 Å². The maximum Gasteiger partial charge on any atom is 0.408 e. The first kappa shape index (κ1) is 61.3. The van der Waals surface area contributed by atoms with Crippen LogP contribution in [0.25, 0.3) is 0 Å². The van der Waals surface area contributed by atoms with Gasteiger partial charge in [0, 0.05) is 48.5 Å². The number of amides is 4. The van der Waals surface area contributed by atoms with Crippen LogP contribution < -0.4 is 21.3 Å². The number of alkyl carbamates (subject to hydrolysis) is 1. The highest BCUT2D eigenvalue weighted by atomic mass is 16.8. The molecule has 4 amide bonds. The number of carbonyl (C=O) groups is 11. The first-order valence-corrected chi connectivity index (χ1v) is 23.2. The molecule has 2 aliphatic rings. The van der Waals surface area contributed by atoms with E-state index in [-0.39, 0.29) is 6.61 Å². The van der Waals surface area contributed by atoms with Crippen molar-refractivity contribution < 1.29 is 110 Å². The van der Waals surface area contributed by atoms with Crippen LogP contribution in [0.5, 0.6) is 0 Å². The summed E-state index contributed by atoms with van der Waals surface area (Å²) in [5.74, 6) is -9.20. The zero-order valence-corrected chi connectivity index (χ0v) is 43.1. The molecule has 2 heterocycles. The molecule has 412 valence electrons. The molecule has 0 spiro atoms. The van der Waals surface area contributed by atoms with Crippen LogP contribution in [-0.4, -0.2) is 170 Å². The molecule has 4 N–H and O–H groups in total. The van der Waals surface area contributed by atoms with Gasteiger partial charge in [0.1, 0.15) is 67.9 Å². The molecule has 2 saturated heterocycles. The van der Waals surface area contributed by atoms with E-state index in [4.69, 9.17) is 56.8 Å². The Bertz CT molecular complexity index is 2170. The lowest BCUT2D eigenvalue weighted by Gasteiger charge is -2.49. The standard InChI is InChI=1S/C47H66N4O23/c1-22(49-46(62)66-18-31-16-14-13-15-17-31)41(59)51-32(42(60)48-23(2)43(61)74-47(10,11)12)19-65-44-35(50-24(3)52)38(68-28(7)56)36(33(71-44)20-63-25(4)53)73-45-40(70-30(9)58)39(69-29(8)57)37(67-27(6)55)34(72-45)21-64-26(5)54/h13-17,22-23,32-40,44-45H,18-21H2,1-12H3,(H,48,60)(H,49,62)(H,50,52)(H,51,59)/t22-,23-,32-,33+,34+,35+,36+,37+,38+,39-,40+,44+,45-/m0/s1. The Balaban J connectivity index is 2.11. The summed E-state index contributed by atoms with van der Waals surface area (Å²) in [7, 11) is 0. The van der Waals surface area contributed by atoms with Crippen molar-refractivity contribution in [3.63, 3.8) is 0 Å². The first-order valence-electron chi connectivity index (χ1n) is 23.2. The Labute approximate surface area is 426 Å². The van der Waals surface area contributed by atoms with Gasteiger partial charge in [-0.1, -0.05) is 30.3 Å². The number of rotatable bonds is 22. The van der Waals surface area contributed by atoms with Gasteiger partial charge in [-0.3, -0.25) is 43.2 Å². The Morgan fingerprint density at radius 3 is 1.61 bits per heavy atom. The van der Waals surface area contributed by atoms with Crippen LogP contribution in [0, 0.1) is 0 Å². The van der Waals surface area contributed by atoms with E-state index < -0.39 is 170 Å². The van der Waals surface area contributed by atoms with E-state index in [1.807, 2.05) is 0 Å². The molecular formula is C47H66N4O23. The van der Waals surface area contributed by atoms with Gasteiger partial charge in [0.05, 0.1) is 6.61 Å². The number of hydrogen-bond acceptors (Lipinski definition) is 23. The minimum atomic E-state index is -1.95. The average Bonchev–Trinajstić information content (AvgIpc) is 3.28. The summed E-state index contributed by atoms with van der Waals surface area (Å²) < 4.78 is 68.2. The zero-order chi connectivity index (χ0) is 55.6. The van der Waals surface area contributed by atoms with E-state index in [1.54, 1.807) is 51.1 Å². The number of hydrogen-bond donors (Lipinski definition) is 4. The largest absolute Gasteiger partial charge is 0.463 e. The van der Waals surface area contributed by atoms with E-state index >= 15 is 0 Å². The molecule has 1 aromatic carbocycles. The summed E-state index contributed by atoms with van der Waals surface area (Å²) in [6.45, 7) is 12.1. The summed E-state index contributed by atoms with van der Waals surface area (Å²) in [5, 5.41) is 9.77. The van der Waals surface area contributed by atoms with Gasteiger partial charge in [0.2, 0.25) is 17.7 Å². The molecule has 1 aromatic rings. The monoisotopic (exact) mass is 1050 g/mol. The number of carbonyl (C=O) groups excluding carboxylic acids is 11. The third-order valence-corrected chi connectivity index (χ3v) is 10.1. The lowest BCUT2D eigenvalue weighted by molar-refractivity contribution is -0.350. The van der Waals surface area contributed by atoms with Crippen molar-refractivity contribution in [1.82, 2.24) is 21.3 Å². The highest BCUT2D eigenvalue weighted by Crippen LogP contribution is 2.35. The van der Waals surface area contributed by atoms with Gasteiger partial charge < -0.3 is 78.1 Å². The maximum absolute atomic E-state index is 14.0. The highest BCUT2D eigenvalue weighted by molar-refractivity contribution is 5.93. The van der Waals surface area contributed by atoms with Crippen molar-refractivity contribution in [2.24, 2.45) is 0 Å². The maximum atomic E-state index is 14.0. The molecule has 0 radical (unpaired) electrons. The second kappa shape index (κ2) is 28.5. The number of nitrogens with one attached hydrogen (secondary N) is 4.